The third kappa shape index (κ3) is 3.14. The molecule has 1 aliphatic rings. The van der Waals surface area contributed by atoms with Gasteiger partial charge in [-0.1, -0.05) is 18.2 Å². The number of fused-ring (bicyclic) bond motifs is 1. The first-order valence-corrected chi connectivity index (χ1v) is 8.49. The minimum Gasteiger partial charge on any atom is -0.396 e. The van der Waals surface area contributed by atoms with Crippen molar-refractivity contribution in [1.82, 2.24) is 0 Å². The zero-order chi connectivity index (χ0) is 15.6. The van der Waals surface area contributed by atoms with Crippen LogP contribution < -0.4 is 4.72 Å². The highest BCUT2D eigenvalue weighted by molar-refractivity contribution is 7.92. The molecule has 0 atom stereocenters. The van der Waals surface area contributed by atoms with E-state index in [1.54, 1.807) is 42.5 Å². The molecule has 0 amide bonds. The second-order valence-corrected chi connectivity index (χ2v) is 6.88. The number of ether oxygens (including phenoxy) is 1. The summed E-state index contributed by atoms with van der Waals surface area (Å²) in [5.74, 6) is 0. The highest BCUT2D eigenvalue weighted by Crippen LogP contribution is 2.24. The fourth-order valence-electron chi connectivity index (χ4n) is 2.40. The van der Waals surface area contributed by atoms with Crippen LogP contribution in [0.4, 0.5) is 5.69 Å². The average molecular weight is 319 g/mol. The maximum atomic E-state index is 12.4. The summed E-state index contributed by atoms with van der Waals surface area (Å²) in [6.45, 7) is 1.06. The van der Waals surface area contributed by atoms with E-state index in [-0.39, 0.29) is 11.5 Å². The summed E-state index contributed by atoms with van der Waals surface area (Å²) in [4.78, 5) is 0.233. The van der Waals surface area contributed by atoms with E-state index in [9.17, 15) is 8.42 Å². The normalized spacial score (nSPS) is 13.9. The van der Waals surface area contributed by atoms with E-state index in [0.29, 0.717) is 25.3 Å². The first kappa shape index (κ1) is 15.0. The van der Waals surface area contributed by atoms with E-state index in [0.717, 1.165) is 16.7 Å². The Hall–Kier alpha value is -1.89. The average Bonchev–Trinajstić information content (AvgIpc) is 2.97. The summed E-state index contributed by atoms with van der Waals surface area (Å²) in [5.41, 5.74) is 3.41. The third-order valence-electron chi connectivity index (χ3n) is 3.61. The molecule has 0 spiro atoms. The van der Waals surface area contributed by atoms with Crippen LogP contribution in [0.15, 0.2) is 47.4 Å². The Labute approximate surface area is 129 Å². The molecule has 0 unspecified atom stereocenters. The summed E-state index contributed by atoms with van der Waals surface area (Å²) in [7, 11) is -3.61. The molecule has 5 nitrogen and oxygen atoms in total. The Bertz CT molecular complexity index is 769. The summed E-state index contributed by atoms with van der Waals surface area (Å²) in [5, 5.41) is 8.88. The monoisotopic (exact) mass is 319 g/mol. The molecule has 0 saturated carbocycles. The molecule has 0 aromatic heterocycles. The molecule has 0 aliphatic carbocycles. The van der Waals surface area contributed by atoms with Gasteiger partial charge in [0.1, 0.15) is 0 Å². The molecule has 116 valence electrons. The fourth-order valence-corrected chi connectivity index (χ4v) is 3.51. The van der Waals surface area contributed by atoms with Gasteiger partial charge in [0.05, 0.1) is 18.1 Å². The zero-order valence-corrected chi connectivity index (χ0v) is 12.8. The van der Waals surface area contributed by atoms with Crippen molar-refractivity contribution in [2.45, 2.75) is 24.5 Å². The molecule has 0 bridgehead atoms. The van der Waals surface area contributed by atoms with Crippen LogP contribution in [-0.4, -0.2) is 20.1 Å². The van der Waals surface area contributed by atoms with Gasteiger partial charge in [-0.05, 0) is 47.4 Å². The van der Waals surface area contributed by atoms with Gasteiger partial charge < -0.3 is 9.84 Å². The lowest BCUT2D eigenvalue weighted by molar-refractivity contribution is 0.134. The quantitative estimate of drug-likeness (QED) is 0.884. The van der Waals surface area contributed by atoms with Crippen LogP contribution in [0, 0.1) is 0 Å². The first-order chi connectivity index (χ1) is 10.6. The lowest BCUT2D eigenvalue weighted by Gasteiger charge is -2.10. The van der Waals surface area contributed by atoms with Crippen molar-refractivity contribution in [2.75, 3.05) is 11.3 Å². The first-order valence-electron chi connectivity index (χ1n) is 7.01. The molecule has 0 radical (unpaired) electrons. The lowest BCUT2D eigenvalue weighted by Crippen LogP contribution is -2.13. The van der Waals surface area contributed by atoms with Gasteiger partial charge in [0, 0.05) is 12.3 Å². The highest BCUT2D eigenvalue weighted by atomic mass is 32.2. The van der Waals surface area contributed by atoms with Gasteiger partial charge in [-0.3, -0.25) is 4.72 Å². The van der Waals surface area contributed by atoms with E-state index < -0.39 is 10.0 Å². The fraction of sp³-hybridized carbons (Fsp3) is 0.250. The van der Waals surface area contributed by atoms with Crippen molar-refractivity contribution >= 4 is 15.7 Å². The molecule has 1 aliphatic heterocycles. The molecule has 2 aromatic rings. The van der Waals surface area contributed by atoms with Crippen LogP contribution in [0.3, 0.4) is 0 Å². The van der Waals surface area contributed by atoms with Crippen molar-refractivity contribution in [3.8, 4) is 0 Å². The van der Waals surface area contributed by atoms with Gasteiger partial charge in [-0.2, -0.15) is 0 Å². The predicted molar refractivity (Wildman–Crippen MR) is 83.0 cm³/mol. The number of rotatable bonds is 5. The van der Waals surface area contributed by atoms with Crippen molar-refractivity contribution < 1.29 is 18.3 Å². The third-order valence-corrected chi connectivity index (χ3v) is 4.99. The minimum absolute atomic E-state index is 0.0717. The summed E-state index contributed by atoms with van der Waals surface area (Å²) in [6.07, 6.45) is 0.553. The number of sulfonamides is 1. The second-order valence-electron chi connectivity index (χ2n) is 5.20. The second kappa shape index (κ2) is 6.08. The summed E-state index contributed by atoms with van der Waals surface area (Å²) < 4.78 is 32.7. The van der Waals surface area contributed by atoms with E-state index in [1.165, 1.54) is 0 Å². The summed E-state index contributed by atoms with van der Waals surface area (Å²) in [6, 6.07) is 12.0. The maximum absolute atomic E-state index is 12.4. The van der Waals surface area contributed by atoms with Gasteiger partial charge >= 0.3 is 0 Å². The van der Waals surface area contributed by atoms with Crippen LogP contribution in [0.1, 0.15) is 16.7 Å². The van der Waals surface area contributed by atoms with Crippen molar-refractivity contribution in [3.63, 3.8) is 0 Å². The SMILES string of the molecule is O=S(=O)(Nc1ccc(CCO)cc1)c1ccc2c(c1)COC2. The minimum atomic E-state index is -3.61. The lowest BCUT2D eigenvalue weighted by atomic mass is 10.1. The number of aliphatic hydroxyl groups excluding tert-OH is 1. The number of nitrogens with one attached hydrogen (secondary N) is 1. The summed E-state index contributed by atoms with van der Waals surface area (Å²) >= 11 is 0. The largest absolute Gasteiger partial charge is 0.396 e. The van der Waals surface area contributed by atoms with Gasteiger partial charge in [0.15, 0.2) is 0 Å². The molecular weight excluding hydrogens is 302 g/mol. The molecule has 3 rings (SSSR count). The van der Waals surface area contributed by atoms with Crippen LogP contribution in [0.2, 0.25) is 0 Å². The number of anilines is 1. The smallest absolute Gasteiger partial charge is 0.261 e. The van der Waals surface area contributed by atoms with Crippen LogP contribution >= 0.6 is 0 Å². The predicted octanol–water partition coefficient (Wildman–Crippen LogP) is 2.05. The Morgan fingerprint density at radius 1 is 1.05 bits per heavy atom. The Morgan fingerprint density at radius 2 is 1.77 bits per heavy atom. The van der Waals surface area contributed by atoms with E-state index in [2.05, 4.69) is 4.72 Å². The zero-order valence-electron chi connectivity index (χ0n) is 12.0. The Balaban J connectivity index is 1.81. The number of benzene rings is 2. The van der Waals surface area contributed by atoms with Crippen molar-refractivity contribution in [3.05, 3.63) is 59.2 Å². The molecule has 0 saturated heterocycles. The number of hydrogen-bond donors (Lipinski definition) is 2. The Morgan fingerprint density at radius 3 is 2.50 bits per heavy atom. The molecule has 6 heteroatoms. The molecular formula is C16H17NO4S. The van der Waals surface area contributed by atoms with Gasteiger partial charge in [-0.25, -0.2) is 8.42 Å². The van der Waals surface area contributed by atoms with Gasteiger partial charge in [0.2, 0.25) is 0 Å². The molecule has 22 heavy (non-hydrogen) atoms. The van der Waals surface area contributed by atoms with Crippen LogP contribution in [0.25, 0.3) is 0 Å². The van der Waals surface area contributed by atoms with Gasteiger partial charge in [-0.15, -0.1) is 0 Å². The molecule has 0 fully saturated rings. The van der Waals surface area contributed by atoms with Crippen molar-refractivity contribution in [1.29, 1.82) is 0 Å². The molecule has 2 N–H and O–H groups in total. The van der Waals surface area contributed by atoms with Crippen LogP contribution in [-0.2, 0) is 34.4 Å². The van der Waals surface area contributed by atoms with E-state index in [4.69, 9.17) is 9.84 Å². The maximum Gasteiger partial charge on any atom is 0.261 e. The Kier molecular flexibility index (Phi) is 4.15. The van der Waals surface area contributed by atoms with E-state index in [1.807, 2.05) is 0 Å². The van der Waals surface area contributed by atoms with Gasteiger partial charge in [0.25, 0.3) is 10.0 Å². The van der Waals surface area contributed by atoms with Crippen LogP contribution in [0.5, 0.6) is 0 Å². The molecule has 2 aromatic carbocycles. The highest BCUT2D eigenvalue weighted by Gasteiger charge is 2.18. The standard InChI is InChI=1S/C16H17NO4S/c18-8-7-12-1-4-15(5-2-12)17-22(19,20)16-6-3-13-10-21-11-14(13)9-16/h1-6,9,17-18H,7-8,10-11H2. The van der Waals surface area contributed by atoms with E-state index >= 15 is 0 Å². The topological polar surface area (TPSA) is 75.6 Å². The number of aliphatic hydroxyl groups is 1. The number of hydrogen-bond acceptors (Lipinski definition) is 4. The molecule has 1 heterocycles. The van der Waals surface area contributed by atoms with Crippen molar-refractivity contribution in [2.24, 2.45) is 0 Å².